The highest BCUT2D eigenvalue weighted by Gasteiger charge is 2.74. The van der Waals surface area contributed by atoms with Gasteiger partial charge >= 0.3 is 5.97 Å². The van der Waals surface area contributed by atoms with E-state index in [-0.39, 0.29) is 36.5 Å². The van der Waals surface area contributed by atoms with Crippen LogP contribution in [0.3, 0.4) is 0 Å². The molecule has 0 amide bonds. The fourth-order valence-electron chi connectivity index (χ4n) is 9.16. The molecule has 2 saturated carbocycles. The third kappa shape index (κ3) is 3.86. The minimum Gasteiger partial charge on any atom is -0.481 e. The van der Waals surface area contributed by atoms with Gasteiger partial charge in [-0.2, -0.15) is 0 Å². The van der Waals surface area contributed by atoms with Crippen molar-refractivity contribution in [1.29, 1.82) is 0 Å². The molecule has 0 radical (unpaired) electrons. The summed E-state index contributed by atoms with van der Waals surface area (Å²) in [5.74, 6) is -4.74. The lowest BCUT2D eigenvalue weighted by molar-refractivity contribution is -0.169. The Labute approximate surface area is 229 Å². The summed E-state index contributed by atoms with van der Waals surface area (Å²) in [5.41, 5.74) is -5.62. The number of fused-ring (bicyclic) bond motifs is 4. The molecule has 4 rings (SSSR count). The monoisotopic (exact) mass is 548 g/mol. The fraction of sp³-hybridized carbons (Fsp3) is 0.800. The van der Waals surface area contributed by atoms with Crippen LogP contribution in [0.15, 0.2) is 11.1 Å². The van der Waals surface area contributed by atoms with E-state index in [0.717, 1.165) is 0 Å². The largest absolute Gasteiger partial charge is 0.481 e. The summed E-state index contributed by atoms with van der Waals surface area (Å²) in [6.45, 7) is 11.8. The summed E-state index contributed by atoms with van der Waals surface area (Å²) in [5, 5.41) is 54.9. The Kier molecular flexibility index (Phi) is 6.95. The van der Waals surface area contributed by atoms with Gasteiger partial charge in [-0.05, 0) is 55.4 Å². The van der Waals surface area contributed by atoms with Crippen molar-refractivity contribution in [3.05, 3.63) is 11.1 Å². The highest BCUT2D eigenvalue weighted by molar-refractivity contribution is 6.08. The topological polar surface area (TPSA) is 169 Å². The van der Waals surface area contributed by atoms with Crippen molar-refractivity contribution in [3.8, 4) is 0 Å². The zero-order valence-electron chi connectivity index (χ0n) is 24.1. The molecule has 4 aliphatic carbocycles. The molecule has 0 bridgehead atoms. The van der Waals surface area contributed by atoms with Crippen LogP contribution < -0.4 is 0 Å². The predicted octanol–water partition coefficient (Wildman–Crippen LogP) is 2.22. The van der Waals surface area contributed by atoms with Crippen molar-refractivity contribution in [1.82, 2.24) is 0 Å². The van der Waals surface area contributed by atoms with E-state index in [4.69, 9.17) is 0 Å². The van der Waals surface area contributed by atoms with Crippen molar-refractivity contribution in [2.45, 2.75) is 111 Å². The molecular formula is C30H44O9. The van der Waals surface area contributed by atoms with Crippen LogP contribution in [-0.4, -0.2) is 72.8 Å². The van der Waals surface area contributed by atoms with Crippen molar-refractivity contribution in [2.75, 3.05) is 0 Å². The van der Waals surface area contributed by atoms with Gasteiger partial charge in [-0.15, -0.1) is 0 Å². The first-order chi connectivity index (χ1) is 17.7. The number of carboxylic acids is 1. The fourth-order valence-corrected chi connectivity index (χ4v) is 9.16. The van der Waals surface area contributed by atoms with Gasteiger partial charge in [0, 0.05) is 36.2 Å². The van der Waals surface area contributed by atoms with Gasteiger partial charge in [0.2, 0.25) is 0 Å². The van der Waals surface area contributed by atoms with Crippen molar-refractivity contribution < 1.29 is 44.7 Å². The molecule has 0 heterocycles. The zero-order chi connectivity index (χ0) is 29.7. The second kappa shape index (κ2) is 9.03. The van der Waals surface area contributed by atoms with Gasteiger partial charge in [0.15, 0.2) is 5.78 Å². The van der Waals surface area contributed by atoms with E-state index < -0.39 is 81.4 Å². The molecule has 0 aromatic heterocycles. The summed E-state index contributed by atoms with van der Waals surface area (Å²) >= 11 is 0. The lowest BCUT2D eigenvalue weighted by Gasteiger charge is -2.62. The summed E-state index contributed by atoms with van der Waals surface area (Å²) in [6, 6.07) is 0. The minimum absolute atomic E-state index is 0.208. The molecule has 4 aliphatic rings. The summed E-state index contributed by atoms with van der Waals surface area (Å²) in [4.78, 5) is 52.1. The smallest absolute Gasteiger partial charge is 0.306 e. The van der Waals surface area contributed by atoms with Crippen molar-refractivity contribution >= 4 is 23.3 Å². The first kappa shape index (κ1) is 30.0. The van der Waals surface area contributed by atoms with Gasteiger partial charge in [0.25, 0.3) is 0 Å². The van der Waals surface area contributed by atoms with Crippen LogP contribution >= 0.6 is 0 Å². The molecule has 9 nitrogen and oxygen atoms in total. The molecule has 218 valence electrons. The number of aliphatic hydroxyl groups is 4. The number of carbonyl (C=O) groups is 4. The molecule has 0 aromatic carbocycles. The Hall–Kier alpha value is -1.94. The maximum atomic E-state index is 14.2. The Morgan fingerprint density at radius 2 is 1.67 bits per heavy atom. The maximum absolute atomic E-state index is 14.2. The molecule has 5 N–H and O–H groups in total. The van der Waals surface area contributed by atoms with Crippen LogP contribution in [0.1, 0.15) is 87.0 Å². The van der Waals surface area contributed by atoms with Gasteiger partial charge in [-0.25, -0.2) is 0 Å². The van der Waals surface area contributed by atoms with Crippen LogP contribution in [0.25, 0.3) is 0 Å². The SMILES string of the molecule is CC(CC(=O)CC(C)(O)[C@H]1CC(=O)[C@@]2(C)C3=C(C(=O)[C@@H](O)[C@]12C)[C@@]1(C)CC[C@H](O)C(C)(C)[C@@H]1C[C@@H]3O)C(=O)O. The van der Waals surface area contributed by atoms with E-state index >= 15 is 0 Å². The van der Waals surface area contributed by atoms with E-state index in [0.29, 0.717) is 18.4 Å². The molecule has 0 aromatic rings. The Balaban J connectivity index is 1.83. The molecule has 2 fully saturated rings. The van der Waals surface area contributed by atoms with Crippen molar-refractivity contribution in [2.24, 2.45) is 39.4 Å². The number of ketones is 3. The third-order valence-electron chi connectivity index (χ3n) is 11.7. The average Bonchev–Trinajstić information content (AvgIpc) is 3.04. The molecule has 10 atom stereocenters. The summed E-state index contributed by atoms with van der Waals surface area (Å²) in [6.07, 6.45) is -3.25. The Bertz CT molecular complexity index is 1150. The standard InChI is InChI=1S/C30H44O9/c1-14(25(37)38)10-15(31)13-28(5,39)18-12-20(34)30(7)21-16(32)11-17-26(2,3)19(33)8-9-27(17,4)22(21)23(35)24(36)29(18,30)6/h14,16-19,24,32-33,36,39H,8-13H2,1-7H3,(H,37,38)/t14?,16-,17-,18+,19-,24+,27-,28?,29-,30-/m0/s1. The highest BCUT2D eigenvalue weighted by Crippen LogP contribution is 2.71. The predicted molar refractivity (Wildman–Crippen MR) is 140 cm³/mol. The maximum Gasteiger partial charge on any atom is 0.306 e. The first-order valence-electron chi connectivity index (χ1n) is 14.0. The van der Waals surface area contributed by atoms with Gasteiger partial charge < -0.3 is 25.5 Å². The van der Waals surface area contributed by atoms with Gasteiger partial charge in [-0.3, -0.25) is 19.2 Å². The number of rotatable bonds is 6. The first-order valence-corrected chi connectivity index (χ1v) is 14.0. The van der Waals surface area contributed by atoms with E-state index in [1.54, 1.807) is 13.8 Å². The number of carboxylic acid groups (broad SMARTS) is 1. The van der Waals surface area contributed by atoms with Gasteiger partial charge in [-0.1, -0.05) is 34.6 Å². The van der Waals surface area contributed by atoms with Gasteiger partial charge in [0.05, 0.1) is 29.1 Å². The number of aliphatic carboxylic acids is 1. The molecule has 9 heteroatoms. The van der Waals surface area contributed by atoms with E-state index in [1.807, 2.05) is 20.8 Å². The lowest BCUT2D eigenvalue weighted by atomic mass is 9.41. The minimum atomic E-state index is -1.82. The van der Waals surface area contributed by atoms with E-state index in [9.17, 15) is 44.7 Å². The third-order valence-corrected chi connectivity index (χ3v) is 11.7. The molecule has 2 unspecified atom stereocenters. The number of Topliss-reactive ketones (excluding diaryl/α,β-unsaturated/α-hetero) is 3. The normalized spacial score (nSPS) is 43.7. The van der Waals surface area contributed by atoms with Crippen LogP contribution in [0.2, 0.25) is 0 Å². The zero-order valence-corrected chi connectivity index (χ0v) is 24.1. The lowest BCUT2D eigenvalue weighted by Crippen LogP contribution is -2.66. The average molecular weight is 549 g/mol. The van der Waals surface area contributed by atoms with Crippen molar-refractivity contribution in [3.63, 3.8) is 0 Å². The second-order valence-corrected chi connectivity index (χ2v) is 14.3. The Morgan fingerprint density at radius 3 is 2.23 bits per heavy atom. The summed E-state index contributed by atoms with van der Waals surface area (Å²) < 4.78 is 0. The Morgan fingerprint density at radius 1 is 1.08 bits per heavy atom. The molecule has 0 saturated heterocycles. The highest BCUT2D eigenvalue weighted by atomic mass is 16.4. The number of hydrogen-bond donors (Lipinski definition) is 5. The number of carbonyl (C=O) groups excluding carboxylic acids is 3. The van der Waals surface area contributed by atoms with Crippen LogP contribution in [0.5, 0.6) is 0 Å². The molecular weight excluding hydrogens is 504 g/mol. The molecule has 0 spiro atoms. The summed E-state index contributed by atoms with van der Waals surface area (Å²) in [7, 11) is 0. The van der Waals surface area contributed by atoms with Gasteiger partial charge in [0.1, 0.15) is 17.7 Å². The van der Waals surface area contributed by atoms with Crippen LogP contribution in [-0.2, 0) is 19.2 Å². The molecule has 39 heavy (non-hydrogen) atoms. The van der Waals surface area contributed by atoms with E-state index in [2.05, 4.69) is 0 Å². The molecule has 0 aliphatic heterocycles. The van der Waals surface area contributed by atoms with Crippen LogP contribution in [0, 0.1) is 39.4 Å². The quantitative estimate of drug-likeness (QED) is 0.334. The van der Waals surface area contributed by atoms with E-state index in [1.165, 1.54) is 13.8 Å². The van der Waals surface area contributed by atoms with Crippen LogP contribution in [0.4, 0.5) is 0 Å². The second-order valence-electron chi connectivity index (χ2n) is 14.3. The number of aliphatic hydroxyl groups excluding tert-OH is 3. The number of hydrogen-bond acceptors (Lipinski definition) is 8.